The van der Waals surface area contributed by atoms with Crippen LogP contribution in [0.25, 0.3) is 0 Å². The van der Waals surface area contributed by atoms with E-state index in [1.54, 1.807) is 11.8 Å². The highest BCUT2D eigenvalue weighted by Gasteiger charge is 2.06. The Bertz CT molecular complexity index is 53.7. The van der Waals surface area contributed by atoms with E-state index >= 15 is 0 Å². The molecule has 0 aromatic heterocycles. The van der Waals surface area contributed by atoms with Crippen molar-refractivity contribution in [3.8, 4) is 0 Å². The van der Waals surface area contributed by atoms with Gasteiger partial charge in [0.2, 0.25) is 0 Å². The predicted molar refractivity (Wildman–Crippen MR) is 32.8 cm³/mol. The summed E-state index contributed by atoms with van der Waals surface area (Å²) in [5.41, 5.74) is 0. The number of rotatable bonds is 0. The summed E-state index contributed by atoms with van der Waals surface area (Å²) in [7, 11) is 5.47. The SMILES string of the molecule is [B]C1COCCS1. The minimum atomic E-state index is 0.230. The fourth-order valence-electron chi connectivity index (χ4n) is 0.506. The molecule has 2 radical (unpaired) electrons. The second-order valence-corrected chi connectivity index (χ2v) is 2.83. The molecule has 7 heavy (non-hydrogen) atoms. The number of ether oxygens (including phenoxy) is 1. The summed E-state index contributed by atoms with van der Waals surface area (Å²) >= 11 is 1.77. The molecule has 1 unspecified atom stereocenters. The van der Waals surface area contributed by atoms with Crippen LogP contribution >= 0.6 is 11.8 Å². The van der Waals surface area contributed by atoms with E-state index in [9.17, 15) is 0 Å². The van der Waals surface area contributed by atoms with E-state index in [2.05, 4.69) is 0 Å². The first-order valence-electron chi connectivity index (χ1n) is 2.34. The van der Waals surface area contributed by atoms with Crippen LogP contribution in [-0.4, -0.2) is 32.0 Å². The van der Waals surface area contributed by atoms with Crippen molar-refractivity contribution >= 4 is 19.6 Å². The molecule has 0 bridgehead atoms. The quantitative estimate of drug-likeness (QED) is 0.417. The van der Waals surface area contributed by atoms with Gasteiger partial charge in [-0.3, -0.25) is 0 Å². The van der Waals surface area contributed by atoms with Gasteiger partial charge in [-0.15, -0.1) is 0 Å². The molecule has 1 heterocycles. The lowest BCUT2D eigenvalue weighted by molar-refractivity contribution is 0.155. The first-order valence-corrected chi connectivity index (χ1v) is 3.39. The van der Waals surface area contributed by atoms with Crippen LogP contribution < -0.4 is 0 Å². The maximum atomic E-state index is 5.47. The summed E-state index contributed by atoms with van der Waals surface area (Å²) in [6.07, 6.45) is 0. The Morgan fingerprint density at radius 2 is 2.57 bits per heavy atom. The lowest BCUT2D eigenvalue weighted by Crippen LogP contribution is -2.19. The molecule has 1 atom stereocenters. The number of thioether (sulfide) groups is 1. The molecule has 1 fully saturated rings. The molecule has 0 aromatic carbocycles. The van der Waals surface area contributed by atoms with E-state index in [0.29, 0.717) is 0 Å². The Labute approximate surface area is 49.2 Å². The molecule has 0 spiro atoms. The minimum Gasteiger partial charge on any atom is -0.380 e. The standard InChI is InChI=1S/C4H7BOS/c5-4-3-6-1-2-7-4/h4H,1-3H2. The molecule has 1 aliphatic rings. The van der Waals surface area contributed by atoms with Gasteiger partial charge in [0, 0.05) is 5.75 Å². The van der Waals surface area contributed by atoms with Crippen LogP contribution in [-0.2, 0) is 4.74 Å². The topological polar surface area (TPSA) is 9.23 Å². The van der Waals surface area contributed by atoms with E-state index < -0.39 is 0 Å². The maximum absolute atomic E-state index is 5.47. The first-order chi connectivity index (χ1) is 3.39. The van der Waals surface area contributed by atoms with E-state index in [-0.39, 0.29) is 5.15 Å². The largest absolute Gasteiger partial charge is 0.380 e. The van der Waals surface area contributed by atoms with Crippen molar-refractivity contribution in [2.45, 2.75) is 5.15 Å². The Morgan fingerprint density at radius 1 is 1.71 bits per heavy atom. The fraction of sp³-hybridized carbons (Fsp3) is 1.00. The second kappa shape index (κ2) is 2.63. The lowest BCUT2D eigenvalue weighted by atomic mass is 10.1. The third kappa shape index (κ3) is 1.74. The lowest BCUT2D eigenvalue weighted by Gasteiger charge is -2.16. The van der Waals surface area contributed by atoms with Crippen LogP contribution in [0.15, 0.2) is 0 Å². The van der Waals surface area contributed by atoms with Crippen LogP contribution in [0.2, 0.25) is 0 Å². The zero-order valence-electron chi connectivity index (χ0n) is 4.09. The van der Waals surface area contributed by atoms with Gasteiger partial charge in [0.15, 0.2) is 0 Å². The smallest absolute Gasteiger partial charge is 0.0878 e. The average molecular weight is 114 g/mol. The summed E-state index contributed by atoms with van der Waals surface area (Å²) in [6, 6.07) is 0. The Kier molecular flexibility index (Phi) is 2.07. The van der Waals surface area contributed by atoms with Crippen molar-refractivity contribution in [2.24, 2.45) is 0 Å². The molecular formula is C4H7BOS. The third-order valence-electron chi connectivity index (χ3n) is 0.842. The van der Waals surface area contributed by atoms with E-state index in [4.69, 9.17) is 12.6 Å². The molecule has 0 N–H and O–H groups in total. The van der Waals surface area contributed by atoms with E-state index in [0.717, 1.165) is 19.0 Å². The fourth-order valence-corrected chi connectivity index (χ4v) is 1.22. The van der Waals surface area contributed by atoms with Crippen LogP contribution in [0.3, 0.4) is 0 Å². The monoisotopic (exact) mass is 114 g/mol. The maximum Gasteiger partial charge on any atom is 0.0878 e. The Morgan fingerprint density at radius 3 is 2.86 bits per heavy atom. The highest BCUT2D eigenvalue weighted by Crippen LogP contribution is 2.11. The van der Waals surface area contributed by atoms with Crippen molar-refractivity contribution in [2.75, 3.05) is 19.0 Å². The summed E-state index contributed by atoms with van der Waals surface area (Å²) in [5.74, 6) is 1.06. The van der Waals surface area contributed by atoms with Gasteiger partial charge in [0.25, 0.3) is 0 Å². The van der Waals surface area contributed by atoms with Crippen molar-refractivity contribution in [1.29, 1.82) is 0 Å². The first kappa shape index (κ1) is 5.51. The second-order valence-electron chi connectivity index (χ2n) is 1.48. The highest BCUT2D eigenvalue weighted by atomic mass is 32.2. The van der Waals surface area contributed by atoms with Gasteiger partial charge in [0.05, 0.1) is 21.1 Å². The normalized spacial score (nSPS) is 32.9. The van der Waals surface area contributed by atoms with Crippen molar-refractivity contribution in [3.05, 3.63) is 0 Å². The summed E-state index contributed by atoms with van der Waals surface area (Å²) in [6.45, 7) is 1.60. The van der Waals surface area contributed by atoms with Crippen molar-refractivity contribution < 1.29 is 4.74 Å². The van der Waals surface area contributed by atoms with Crippen LogP contribution in [0.5, 0.6) is 0 Å². The zero-order valence-corrected chi connectivity index (χ0v) is 4.91. The summed E-state index contributed by atoms with van der Waals surface area (Å²) in [4.78, 5) is 0. The van der Waals surface area contributed by atoms with Gasteiger partial charge in [0.1, 0.15) is 0 Å². The molecular weight excluding hydrogens is 107 g/mol. The van der Waals surface area contributed by atoms with Crippen LogP contribution in [0, 0.1) is 0 Å². The number of hydrogen-bond acceptors (Lipinski definition) is 2. The molecule has 1 saturated heterocycles. The van der Waals surface area contributed by atoms with E-state index in [1.807, 2.05) is 0 Å². The minimum absolute atomic E-state index is 0.230. The van der Waals surface area contributed by atoms with Crippen LogP contribution in [0.4, 0.5) is 0 Å². The van der Waals surface area contributed by atoms with Gasteiger partial charge < -0.3 is 4.74 Å². The van der Waals surface area contributed by atoms with Crippen molar-refractivity contribution in [3.63, 3.8) is 0 Å². The molecule has 0 saturated carbocycles. The summed E-state index contributed by atoms with van der Waals surface area (Å²) in [5, 5.41) is 0.230. The van der Waals surface area contributed by atoms with Crippen molar-refractivity contribution in [1.82, 2.24) is 0 Å². The average Bonchev–Trinajstić information content (AvgIpc) is 1.69. The third-order valence-corrected chi connectivity index (χ3v) is 1.81. The van der Waals surface area contributed by atoms with E-state index in [1.165, 1.54) is 0 Å². The Hall–Kier alpha value is 0.375. The van der Waals surface area contributed by atoms with Gasteiger partial charge in [-0.1, -0.05) is 0 Å². The molecule has 0 aromatic rings. The molecule has 38 valence electrons. The van der Waals surface area contributed by atoms with Gasteiger partial charge in [-0.2, -0.15) is 11.8 Å². The van der Waals surface area contributed by atoms with Gasteiger partial charge in [-0.05, 0) is 5.15 Å². The molecule has 0 aliphatic carbocycles. The van der Waals surface area contributed by atoms with Gasteiger partial charge >= 0.3 is 0 Å². The van der Waals surface area contributed by atoms with Gasteiger partial charge in [-0.25, -0.2) is 0 Å². The zero-order chi connectivity index (χ0) is 5.11. The summed E-state index contributed by atoms with van der Waals surface area (Å²) < 4.78 is 5.04. The number of hydrogen-bond donors (Lipinski definition) is 0. The molecule has 1 nitrogen and oxygen atoms in total. The molecule has 0 amide bonds. The molecule has 1 aliphatic heterocycles. The molecule has 1 rings (SSSR count). The Balaban J connectivity index is 2.12. The highest BCUT2D eigenvalue weighted by molar-refractivity contribution is 8.01. The predicted octanol–water partition coefficient (Wildman–Crippen LogP) is 0.244. The van der Waals surface area contributed by atoms with Crippen LogP contribution in [0.1, 0.15) is 0 Å². The molecule has 3 heteroatoms.